The molecule has 0 saturated carbocycles. The highest BCUT2D eigenvalue weighted by atomic mass is 16.3. The number of hydrogen-bond acceptors (Lipinski definition) is 5. The summed E-state index contributed by atoms with van der Waals surface area (Å²) in [5.41, 5.74) is 0. The molecule has 6 nitrogen and oxygen atoms in total. The summed E-state index contributed by atoms with van der Waals surface area (Å²) in [6.07, 6.45) is 79.5. The van der Waals surface area contributed by atoms with Crippen molar-refractivity contribution in [3.8, 4) is 0 Å². The highest BCUT2D eigenvalue weighted by molar-refractivity contribution is 5.80. The van der Waals surface area contributed by atoms with Gasteiger partial charge in [-0.05, 0) is 12.8 Å². The maximum absolute atomic E-state index is 12.7. The summed E-state index contributed by atoms with van der Waals surface area (Å²) in [5, 5.41) is 44.3. The van der Waals surface area contributed by atoms with Crippen molar-refractivity contribution in [3.05, 3.63) is 0 Å². The average Bonchev–Trinajstić information content (AvgIpc) is 3.42. The predicted octanol–water partition coefficient (Wildman–Crippen LogP) is 21.8. The molecule has 76 heavy (non-hydrogen) atoms. The normalized spacial score (nSPS) is 13.4. The van der Waals surface area contributed by atoms with E-state index in [2.05, 4.69) is 19.2 Å². The first kappa shape index (κ1) is 75.3. The topological polar surface area (TPSA) is 110 Å². The van der Waals surface area contributed by atoms with E-state index < -0.39 is 36.9 Å². The molecule has 0 saturated heterocycles. The Morgan fingerprint density at radius 3 is 0.632 bits per heavy atom. The molecule has 0 aliphatic rings. The summed E-state index contributed by atoms with van der Waals surface area (Å²) in [6.45, 7) is 4.12. The second-order valence-electron chi connectivity index (χ2n) is 25.0. The summed E-state index contributed by atoms with van der Waals surface area (Å²) in [7, 11) is 0. The summed E-state index contributed by atoms with van der Waals surface area (Å²) < 4.78 is 0. The summed E-state index contributed by atoms with van der Waals surface area (Å²) in [5.74, 6) is -0.573. The van der Waals surface area contributed by atoms with Crippen LogP contribution in [0.25, 0.3) is 0 Å². The van der Waals surface area contributed by atoms with Crippen molar-refractivity contribution in [2.75, 3.05) is 6.61 Å². The van der Waals surface area contributed by atoms with Gasteiger partial charge in [0.15, 0.2) is 0 Å². The number of carbonyl (C=O) groups is 1. The molecule has 6 heteroatoms. The maximum atomic E-state index is 12.7. The molecule has 0 aromatic carbocycles. The zero-order chi connectivity index (χ0) is 55.1. The van der Waals surface area contributed by atoms with Gasteiger partial charge in [-0.25, -0.2) is 0 Å². The van der Waals surface area contributed by atoms with Gasteiger partial charge in [0.25, 0.3) is 0 Å². The van der Waals surface area contributed by atoms with E-state index >= 15 is 0 Å². The van der Waals surface area contributed by atoms with Crippen LogP contribution in [0.2, 0.25) is 0 Å². The minimum absolute atomic E-state index is 0.377. The highest BCUT2D eigenvalue weighted by Crippen LogP contribution is 2.20. The molecular formula is C70H141NO5. The van der Waals surface area contributed by atoms with Crippen LogP contribution >= 0.6 is 0 Å². The van der Waals surface area contributed by atoms with E-state index in [4.69, 9.17) is 0 Å². The fourth-order valence-electron chi connectivity index (χ4n) is 11.8. The fourth-order valence-corrected chi connectivity index (χ4v) is 11.8. The molecule has 4 unspecified atom stereocenters. The number of aliphatic hydroxyl groups is 4. The largest absolute Gasteiger partial charge is 0.394 e. The van der Waals surface area contributed by atoms with Crippen molar-refractivity contribution in [1.29, 1.82) is 0 Å². The van der Waals surface area contributed by atoms with Crippen LogP contribution in [-0.4, -0.2) is 57.3 Å². The fraction of sp³-hybridized carbons (Fsp3) is 0.986. The Balaban J connectivity index is 3.50. The molecule has 0 heterocycles. The van der Waals surface area contributed by atoms with Gasteiger partial charge in [0, 0.05) is 0 Å². The first-order valence-corrected chi connectivity index (χ1v) is 35.4. The minimum atomic E-state index is -1.26. The van der Waals surface area contributed by atoms with E-state index in [9.17, 15) is 25.2 Å². The number of hydrogen-bond donors (Lipinski definition) is 5. The molecule has 0 spiro atoms. The molecule has 4 atom stereocenters. The highest BCUT2D eigenvalue weighted by Gasteiger charge is 2.28. The molecule has 456 valence electrons. The molecule has 0 radical (unpaired) electrons. The molecule has 0 aliphatic heterocycles. The lowest BCUT2D eigenvalue weighted by Gasteiger charge is -2.27. The Kier molecular flexibility index (Phi) is 64.5. The van der Waals surface area contributed by atoms with Crippen molar-refractivity contribution in [3.63, 3.8) is 0 Å². The van der Waals surface area contributed by atoms with E-state index in [1.807, 2.05) is 0 Å². The summed E-state index contributed by atoms with van der Waals surface area (Å²) in [4.78, 5) is 12.7. The summed E-state index contributed by atoms with van der Waals surface area (Å²) in [6, 6.07) is -0.982. The van der Waals surface area contributed by atoms with Crippen molar-refractivity contribution in [2.24, 2.45) is 0 Å². The van der Waals surface area contributed by atoms with Gasteiger partial charge >= 0.3 is 0 Å². The first-order valence-electron chi connectivity index (χ1n) is 35.4. The van der Waals surface area contributed by atoms with E-state index in [0.29, 0.717) is 12.8 Å². The number of aliphatic hydroxyl groups excluding tert-OH is 4. The predicted molar refractivity (Wildman–Crippen MR) is 335 cm³/mol. The smallest absolute Gasteiger partial charge is 0.249 e. The number of nitrogens with one attached hydrogen (secondary N) is 1. The Bertz CT molecular complexity index is 1070. The lowest BCUT2D eigenvalue weighted by Crippen LogP contribution is -2.53. The van der Waals surface area contributed by atoms with E-state index in [1.165, 1.54) is 347 Å². The molecular weight excluding hydrogens is 935 g/mol. The zero-order valence-corrected chi connectivity index (χ0v) is 52.1. The van der Waals surface area contributed by atoms with Crippen LogP contribution in [0.4, 0.5) is 0 Å². The standard InChI is InChI=1S/C70H141NO5/c1-3-5-7-9-11-13-15-17-19-21-23-25-27-29-31-33-34-36-38-40-42-44-46-48-50-52-54-56-58-60-62-64-68(74)70(76)71-66(65-72)69(75)67(73)63-61-59-57-55-53-51-49-47-45-43-41-39-37-35-32-30-28-26-24-22-20-18-16-14-12-10-8-6-4-2/h66-69,72-75H,3-65H2,1-2H3,(H,71,76). The molecule has 0 aromatic heterocycles. The van der Waals surface area contributed by atoms with Crippen LogP contribution in [0.3, 0.4) is 0 Å². The molecule has 0 aliphatic carbocycles. The minimum Gasteiger partial charge on any atom is -0.394 e. The number of unbranched alkanes of at least 4 members (excludes halogenated alkanes) is 58. The first-order chi connectivity index (χ1) is 37.5. The van der Waals surface area contributed by atoms with Gasteiger partial charge in [-0.2, -0.15) is 0 Å². The zero-order valence-electron chi connectivity index (χ0n) is 52.1. The number of rotatable bonds is 67. The number of carbonyl (C=O) groups excluding carboxylic acids is 1. The third-order valence-corrected chi connectivity index (χ3v) is 17.3. The molecule has 0 fully saturated rings. The average molecular weight is 1080 g/mol. The Morgan fingerprint density at radius 2 is 0.447 bits per heavy atom. The molecule has 0 aromatic rings. The molecule has 1 amide bonds. The second kappa shape index (κ2) is 65.1. The van der Waals surface area contributed by atoms with E-state index in [-0.39, 0.29) is 0 Å². The van der Waals surface area contributed by atoms with Crippen molar-refractivity contribution >= 4 is 5.91 Å². The third kappa shape index (κ3) is 58.0. The molecule has 5 N–H and O–H groups in total. The van der Waals surface area contributed by atoms with Gasteiger partial charge in [-0.3, -0.25) is 4.79 Å². The van der Waals surface area contributed by atoms with Crippen molar-refractivity contribution in [2.45, 2.75) is 436 Å². The maximum Gasteiger partial charge on any atom is 0.249 e. The van der Waals surface area contributed by atoms with Gasteiger partial charge < -0.3 is 25.7 Å². The SMILES string of the molecule is CCCCCCCCCCCCCCCCCCCCCCCCCCCCCCCCCC(O)C(=O)NC(CO)C(O)C(O)CCCCCCCCCCCCCCCCCCCCCCCCCCCCCCC. The van der Waals surface area contributed by atoms with Gasteiger partial charge in [-0.1, -0.05) is 399 Å². The van der Waals surface area contributed by atoms with Crippen LogP contribution in [0.15, 0.2) is 0 Å². The van der Waals surface area contributed by atoms with Gasteiger partial charge in [0.05, 0.1) is 18.8 Å². The van der Waals surface area contributed by atoms with Crippen LogP contribution in [-0.2, 0) is 4.79 Å². The third-order valence-electron chi connectivity index (χ3n) is 17.3. The Morgan fingerprint density at radius 1 is 0.276 bits per heavy atom. The van der Waals surface area contributed by atoms with Gasteiger partial charge in [-0.15, -0.1) is 0 Å². The van der Waals surface area contributed by atoms with E-state index in [1.54, 1.807) is 0 Å². The Labute approximate surface area is 477 Å². The van der Waals surface area contributed by atoms with Crippen LogP contribution in [0.5, 0.6) is 0 Å². The Hall–Kier alpha value is -0.690. The molecule has 0 bridgehead atoms. The summed E-state index contributed by atoms with van der Waals surface area (Å²) >= 11 is 0. The van der Waals surface area contributed by atoms with E-state index in [0.717, 1.165) is 38.5 Å². The van der Waals surface area contributed by atoms with Crippen LogP contribution in [0, 0.1) is 0 Å². The van der Waals surface area contributed by atoms with Gasteiger partial charge in [0.2, 0.25) is 5.91 Å². The monoisotopic (exact) mass is 1080 g/mol. The lowest BCUT2D eigenvalue weighted by molar-refractivity contribution is -0.132. The van der Waals surface area contributed by atoms with Crippen LogP contribution in [0.1, 0.15) is 412 Å². The van der Waals surface area contributed by atoms with Crippen LogP contribution < -0.4 is 5.32 Å². The van der Waals surface area contributed by atoms with Gasteiger partial charge in [0.1, 0.15) is 12.2 Å². The van der Waals surface area contributed by atoms with Crippen molar-refractivity contribution < 1.29 is 25.2 Å². The van der Waals surface area contributed by atoms with Crippen molar-refractivity contribution in [1.82, 2.24) is 5.32 Å². The second-order valence-corrected chi connectivity index (χ2v) is 25.0. The lowest BCUT2D eigenvalue weighted by atomic mass is 9.99. The molecule has 0 rings (SSSR count). The quantitative estimate of drug-likeness (QED) is 0.0390. The number of amides is 1.